The first-order valence-electron chi connectivity index (χ1n) is 10.5. The molecule has 9 heteroatoms. The maximum absolute atomic E-state index is 13.7. The summed E-state index contributed by atoms with van der Waals surface area (Å²) in [7, 11) is 3.11. The normalized spacial score (nSPS) is 15.6. The Hall–Kier alpha value is -2.92. The van der Waals surface area contributed by atoms with Gasteiger partial charge in [-0.3, -0.25) is 9.36 Å². The fraction of sp³-hybridized carbons (Fsp3) is 0.240. The number of allylic oxidation sites excluding steroid dienone is 1. The molecule has 0 saturated carbocycles. The first-order chi connectivity index (χ1) is 16.4. The predicted molar refractivity (Wildman–Crippen MR) is 139 cm³/mol. The number of ether oxygens (including phenoxy) is 3. The Kier molecular flexibility index (Phi) is 7.22. The second-order valence-electron chi connectivity index (χ2n) is 7.46. The van der Waals surface area contributed by atoms with Gasteiger partial charge in [0.1, 0.15) is 17.5 Å². The van der Waals surface area contributed by atoms with E-state index in [1.165, 1.54) is 11.3 Å². The summed E-state index contributed by atoms with van der Waals surface area (Å²) in [5.74, 6) is 0.578. The number of halogens is 1. The zero-order valence-electron chi connectivity index (χ0n) is 19.1. The van der Waals surface area contributed by atoms with Gasteiger partial charge in [-0.1, -0.05) is 23.5 Å². The maximum Gasteiger partial charge on any atom is 0.338 e. The van der Waals surface area contributed by atoms with E-state index in [1.807, 2.05) is 30.3 Å². The lowest BCUT2D eigenvalue weighted by atomic mass is 9.94. The van der Waals surface area contributed by atoms with Crippen LogP contribution < -0.4 is 24.4 Å². The van der Waals surface area contributed by atoms with Crippen molar-refractivity contribution in [3.63, 3.8) is 0 Å². The SMILES string of the molecule is CCOC(=O)C1=C(C)N=c2s/c(=C\c3ccc(I)cc3)c(=O)n2C1c1cc(OC)ccc1OC. The number of esters is 1. The molecule has 7 nitrogen and oxygen atoms in total. The van der Waals surface area contributed by atoms with E-state index in [1.54, 1.807) is 50.8 Å². The Bertz CT molecular complexity index is 1450. The number of thiazole rings is 1. The van der Waals surface area contributed by atoms with Crippen LogP contribution in [0.3, 0.4) is 0 Å². The van der Waals surface area contributed by atoms with E-state index in [0.717, 1.165) is 9.13 Å². The molecule has 2 heterocycles. The molecular formula is C25H23IN2O5S. The number of rotatable bonds is 6. The molecule has 0 bridgehead atoms. The predicted octanol–water partition coefficient (Wildman–Crippen LogP) is 3.42. The number of fused-ring (bicyclic) bond motifs is 1. The van der Waals surface area contributed by atoms with E-state index in [-0.39, 0.29) is 12.2 Å². The van der Waals surface area contributed by atoms with Gasteiger partial charge in [-0.15, -0.1) is 0 Å². The van der Waals surface area contributed by atoms with Crippen molar-refractivity contribution in [1.29, 1.82) is 0 Å². The topological polar surface area (TPSA) is 79.1 Å². The summed E-state index contributed by atoms with van der Waals surface area (Å²) in [6.07, 6.45) is 1.84. The zero-order valence-corrected chi connectivity index (χ0v) is 22.1. The Morgan fingerprint density at radius 1 is 1.18 bits per heavy atom. The second kappa shape index (κ2) is 10.1. The summed E-state index contributed by atoms with van der Waals surface area (Å²) in [6, 6.07) is 12.4. The van der Waals surface area contributed by atoms with Crippen LogP contribution in [0.25, 0.3) is 6.08 Å². The van der Waals surface area contributed by atoms with Gasteiger partial charge in [0, 0.05) is 9.13 Å². The maximum atomic E-state index is 13.7. The minimum Gasteiger partial charge on any atom is -0.497 e. The van der Waals surface area contributed by atoms with Crippen LogP contribution in [0.1, 0.15) is 31.0 Å². The standard InChI is InChI=1S/C25H23IN2O5S/c1-5-33-24(30)21-14(2)27-25-28(22(21)18-13-17(31-3)10-11-19(18)32-4)23(29)20(34-25)12-15-6-8-16(26)9-7-15/h6-13,22H,5H2,1-4H3/b20-12-. The van der Waals surface area contributed by atoms with E-state index in [9.17, 15) is 9.59 Å². The quantitative estimate of drug-likeness (QED) is 0.325. The van der Waals surface area contributed by atoms with E-state index >= 15 is 0 Å². The van der Waals surface area contributed by atoms with Crippen molar-refractivity contribution in [1.82, 2.24) is 4.57 Å². The van der Waals surface area contributed by atoms with Gasteiger partial charge in [0.05, 0.1) is 36.6 Å². The van der Waals surface area contributed by atoms with Crippen LogP contribution in [0.2, 0.25) is 0 Å². The second-order valence-corrected chi connectivity index (χ2v) is 9.72. The van der Waals surface area contributed by atoms with E-state index < -0.39 is 12.0 Å². The lowest BCUT2D eigenvalue weighted by Crippen LogP contribution is -2.40. The lowest BCUT2D eigenvalue weighted by Gasteiger charge is -2.26. The molecule has 1 aliphatic rings. The molecular weight excluding hydrogens is 567 g/mol. The van der Waals surface area contributed by atoms with Crippen molar-refractivity contribution in [3.8, 4) is 11.5 Å². The Morgan fingerprint density at radius 3 is 2.56 bits per heavy atom. The highest BCUT2D eigenvalue weighted by molar-refractivity contribution is 14.1. The van der Waals surface area contributed by atoms with Gasteiger partial charge in [-0.25, -0.2) is 9.79 Å². The molecule has 0 spiro atoms. The number of carbonyl (C=O) groups excluding carboxylic acids is 1. The van der Waals surface area contributed by atoms with Crippen molar-refractivity contribution in [3.05, 3.63) is 88.1 Å². The van der Waals surface area contributed by atoms with Crippen LogP contribution in [0, 0.1) is 3.57 Å². The minimum atomic E-state index is -0.778. The number of benzene rings is 2. The van der Waals surface area contributed by atoms with Gasteiger partial charge >= 0.3 is 5.97 Å². The number of hydrogen-bond donors (Lipinski definition) is 0. The molecule has 0 amide bonds. The fourth-order valence-corrected chi connectivity index (χ4v) is 5.26. The van der Waals surface area contributed by atoms with Crippen molar-refractivity contribution in [2.24, 2.45) is 4.99 Å². The van der Waals surface area contributed by atoms with Gasteiger partial charge in [0.25, 0.3) is 5.56 Å². The Balaban J connectivity index is 2.01. The highest BCUT2D eigenvalue weighted by Gasteiger charge is 2.35. The molecule has 0 N–H and O–H groups in total. The Labute approximate surface area is 214 Å². The molecule has 0 saturated heterocycles. The van der Waals surface area contributed by atoms with Crippen LogP contribution in [-0.2, 0) is 9.53 Å². The molecule has 176 valence electrons. The summed E-state index contributed by atoms with van der Waals surface area (Å²) in [4.78, 5) is 31.9. The summed E-state index contributed by atoms with van der Waals surface area (Å²) in [5, 5.41) is 0. The van der Waals surface area contributed by atoms with E-state index in [2.05, 4.69) is 27.6 Å². The number of hydrogen-bond acceptors (Lipinski definition) is 7. The van der Waals surface area contributed by atoms with Crippen molar-refractivity contribution in [2.45, 2.75) is 19.9 Å². The van der Waals surface area contributed by atoms with Gasteiger partial charge < -0.3 is 14.2 Å². The van der Waals surface area contributed by atoms with Crippen LogP contribution in [-0.4, -0.2) is 31.4 Å². The molecule has 0 fully saturated rings. The average Bonchev–Trinajstić information content (AvgIpc) is 3.13. The first-order valence-corrected chi connectivity index (χ1v) is 12.4. The average molecular weight is 590 g/mol. The Morgan fingerprint density at radius 2 is 1.91 bits per heavy atom. The highest BCUT2D eigenvalue weighted by atomic mass is 127. The third kappa shape index (κ3) is 4.54. The van der Waals surface area contributed by atoms with Gasteiger partial charge in [0.2, 0.25) is 0 Å². The summed E-state index contributed by atoms with van der Waals surface area (Å²) >= 11 is 3.52. The third-order valence-corrected chi connectivity index (χ3v) is 7.12. The monoisotopic (exact) mass is 590 g/mol. The van der Waals surface area contributed by atoms with Gasteiger partial charge in [-0.05, 0) is 78.4 Å². The number of aromatic nitrogens is 1. The molecule has 34 heavy (non-hydrogen) atoms. The molecule has 4 rings (SSSR count). The molecule has 1 aromatic heterocycles. The number of nitrogens with zero attached hydrogens (tertiary/aromatic N) is 2. The van der Waals surface area contributed by atoms with Crippen molar-refractivity contribution >= 4 is 46.0 Å². The lowest BCUT2D eigenvalue weighted by molar-refractivity contribution is -0.139. The third-order valence-electron chi connectivity index (χ3n) is 5.42. The summed E-state index contributed by atoms with van der Waals surface area (Å²) in [5.41, 5.74) is 2.06. The van der Waals surface area contributed by atoms with Crippen LogP contribution >= 0.6 is 33.9 Å². The van der Waals surface area contributed by atoms with Gasteiger partial charge in [0.15, 0.2) is 4.80 Å². The molecule has 1 atom stereocenters. The first kappa shape index (κ1) is 24.2. The summed E-state index contributed by atoms with van der Waals surface area (Å²) < 4.78 is 19.6. The molecule has 0 radical (unpaired) electrons. The highest BCUT2D eigenvalue weighted by Crippen LogP contribution is 2.37. The van der Waals surface area contributed by atoms with Crippen LogP contribution in [0.15, 0.2) is 63.5 Å². The largest absolute Gasteiger partial charge is 0.497 e. The van der Waals surface area contributed by atoms with Crippen LogP contribution in [0.5, 0.6) is 11.5 Å². The van der Waals surface area contributed by atoms with Crippen LogP contribution in [0.4, 0.5) is 0 Å². The minimum absolute atomic E-state index is 0.203. The van der Waals surface area contributed by atoms with E-state index in [4.69, 9.17) is 14.2 Å². The molecule has 1 aliphatic heterocycles. The smallest absolute Gasteiger partial charge is 0.338 e. The van der Waals surface area contributed by atoms with Crippen molar-refractivity contribution in [2.75, 3.05) is 20.8 Å². The molecule has 1 unspecified atom stereocenters. The van der Waals surface area contributed by atoms with E-state index in [0.29, 0.717) is 37.7 Å². The molecule has 2 aromatic carbocycles. The fourth-order valence-electron chi connectivity index (χ4n) is 3.85. The summed E-state index contributed by atoms with van der Waals surface area (Å²) in [6.45, 7) is 3.70. The van der Waals surface area contributed by atoms with Gasteiger partial charge in [-0.2, -0.15) is 0 Å². The molecule has 3 aromatic rings. The molecule has 0 aliphatic carbocycles. The van der Waals surface area contributed by atoms with Crippen molar-refractivity contribution < 1.29 is 19.0 Å². The zero-order chi connectivity index (χ0) is 24.4. The number of methoxy groups -OCH3 is 2. The number of carbonyl (C=O) groups is 1.